The van der Waals surface area contributed by atoms with Crippen molar-refractivity contribution in [3.63, 3.8) is 0 Å². The highest BCUT2D eigenvalue weighted by Gasteiger charge is 2.11. The van der Waals surface area contributed by atoms with Gasteiger partial charge in [-0.1, -0.05) is 17.7 Å². The van der Waals surface area contributed by atoms with Gasteiger partial charge in [0.25, 0.3) is 5.91 Å². The van der Waals surface area contributed by atoms with E-state index in [4.69, 9.17) is 11.6 Å². The fourth-order valence-corrected chi connectivity index (χ4v) is 2.84. The first-order valence-electron chi connectivity index (χ1n) is 7.40. The van der Waals surface area contributed by atoms with Gasteiger partial charge in [0.1, 0.15) is 0 Å². The van der Waals surface area contributed by atoms with Gasteiger partial charge in [0.05, 0.1) is 28.3 Å². The Bertz CT molecular complexity index is 930. The molecule has 0 saturated carbocycles. The number of carbonyl (C=O) groups excluding carboxylic acids is 2. The molecule has 0 aliphatic rings. The van der Waals surface area contributed by atoms with Crippen LogP contribution in [-0.2, 0) is 4.74 Å². The zero-order valence-electron chi connectivity index (χ0n) is 13.5. The van der Waals surface area contributed by atoms with Crippen molar-refractivity contribution in [2.24, 2.45) is 0 Å². The minimum absolute atomic E-state index is 0.246. The molecule has 9 heteroatoms. The lowest BCUT2D eigenvalue weighted by molar-refractivity contribution is 0.0600. The Morgan fingerprint density at radius 1 is 1.12 bits per heavy atom. The van der Waals surface area contributed by atoms with E-state index in [9.17, 15) is 9.59 Å². The number of carbonyl (C=O) groups is 2. The van der Waals surface area contributed by atoms with Crippen molar-refractivity contribution in [3.05, 3.63) is 63.3 Å². The van der Waals surface area contributed by atoms with Crippen molar-refractivity contribution in [3.8, 4) is 0 Å². The lowest BCUT2D eigenvalue weighted by atomic mass is 10.2. The average molecular weight is 389 g/mol. The molecule has 2 heterocycles. The molecule has 0 atom stereocenters. The topological polar surface area (TPSA) is 93.2 Å². The molecule has 2 N–H and O–H groups in total. The van der Waals surface area contributed by atoms with E-state index in [0.717, 1.165) is 0 Å². The Balaban J connectivity index is 1.71. The number of hydrogen-bond acceptors (Lipinski definition) is 7. The Hall–Kier alpha value is -2.97. The summed E-state index contributed by atoms with van der Waals surface area (Å²) < 4.78 is 4.69. The van der Waals surface area contributed by atoms with Crippen LogP contribution in [0.3, 0.4) is 0 Å². The van der Waals surface area contributed by atoms with E-state index in [-0.39, 0.29) is 5.91 Å². The van der Waals surface area contributed by atoms with Crippen molar-refractivity contribution >= 4 is 52.1 Å². The lowest BCUT2D eigenvalue weighted by Crippen LogP contribution is -2.12. The highest BCUT2D eigenvalue weighted by molar-refractivity contribution is 7.12. The summed E-state index contributed by atoms with van der Waals surface area (Å²) in [5, 5.41) is 15.8. The molecule has 0 saturated heterocycles. The summed E-state index contributed by atoms with van der Waals surface area (Å²) in [4.78, 5) is 24.2. The molecule has 132 valence electrons. The van der Waals surface area contributed by atoms with Crippen LogP contribution in [0, 0.1) is 0 Å². The number of benzene rings is 1. The number of ether oxygens (including phenoxy) is 1. The van der Waals surface area contributed by atoms with Crippen molar-refractivity contribution < 1.29 is 14.3 Å². The van der Waals surface area contributed by atoms with Crippen LogP contribution in [0.5, 0.6) is 0 Å². The van der Waals surface area contributed by atoms with E-state index in [1.54, 1.807) is 42.5 Å². The van der Waals surface area contributed by atoms with E-state index in [2.05, 4.69) is 25.6 Å². The summed E-state index contributed by atoms with van der Waals surface area (Å²) in [6.45, 7) is 0. The zero-order chi connectivity index (χ0) is 18.5. The molecule has 0 fully saturated rings. The number of rotatable bonds is 5. The van der Waals surface area contributed by atoms with Crippen LogP contribution in [0.1, 0.15) is 20.0 Å². The maximum Gasteiger partial charge on any atom is 0.337 e. The summed E-state index contributed by atoms with van der Waals surface area (Å²) in [6.07, 6.45) is 0. The van der Waals surface area contributed by atoms with Gasteiger partial charge in [0.15, 0.2) is 11.6 Å². The Morgan fingerprint density at radius 3 is 2.54 bits per heavy atom. The summed E-state index contributed by atoms with van der Waals surface area (Å²) >= 11 is 7.47. The van der Waals surface area contributed by atoms with Gasteiger partial charge in [0.2, 0.25) is 0 Å². The number of thiophene rings is 1. The summed E-state index contributed by atoms with van der Waals surface area (Å²) in [5.41, 5.74) is 0.839. The Morgan fingerprint density at radius 2 is 1.88 bits per heavy atom. The molecule has 1 aromatic carbocycles. The summed E-state index contributed by atoms with van der Waals surface area (Å²) in [6, 6.07) is 11.5. The number of anilines is 3. The van der Waals surface area contributed by atoms with Crippen LogP contribution in [0.15, 0.2) is 47.8 Å². The maximum atomic E-state index is 12.0. The molecule has 7 nitrogen and oxygen atoms in total. The molecule has 1 amide bonds. The highest BCUT2D eigenvalue weighted by Crippen LogP contribution is 2.26. The van der Waals surface area contributed by atoms with Gasteiger partial charge >= 0.3 is 5.97 Å². The van der Waals surface area contributed by atoms with Gasteiger partial charge in [-0.25, -0.2) is 4.79 Å². The third kappa shape index (κ3) is 4.16. The number of aromatic nitrogens is 2. The van der Waals surface area contributed by atoms with Crippen LogP contribution >= 0.6 is 22.9 Å². The lowest BCUT2D eigenvalue weighted by Gasteiger charge is -2.09. The largest absolute Gasteiger partial charge is 0.465 e. The van der Waals surface area contributed by atoms with E-state index in [1.165, 1.54) is 18.4 Å². The van der Waals surface area contributed by atoms with E-state index in [0.29, 0.717) is 32.8 Å². The number of halogens is 1. The van der Waals surface area contributed by atoms with Crippen molar-refractivity contribution in [1.29, 1.82) is 0 Å². The van der Waals surface area contributed by atoms with Crippen LogP contribution in [0.25, 0.3) is 0 Å². The second kappa shape index (κ2) is 7.94. The number of hydrogen-bond donors (Lipinski definition) is 2. The predicted octanol–water partition coefficient (Wildman–Crippen LogP) is 3.97. The van der Waals surface area contributed by atoms with E-state index >= 15 is 0 Å². The quantitative estimate of drug-likeness (QED) is 0.642. The molecule has 0 aliphatic carbocycles. The van der Waals surface area contributed by atoms with Crippen LogP contribution in [-0.4, -0.2) is 29.2 Å². The standard InChI is InChI=1S/C17H13ClN4O3S/c1-25-17(24)10-4-5-11(18)12(9-10)19-14-6-7-15(22-21-14)20-16(23)13-3-2-8-26-13/h2-9H,1H3,(H,19,21)(H,20,22,23). The number of esters is 1. The Kier molecular flexibility index (Phi) is 5.45. The Labute approximate surface area is 158 Å². The van der Waals surface area contributed by atoms with Gasteiger partial charge in [0, 0.05) is 0 Å². The predicted molar refractivity (Wildman–Crippen MR) is 100 cm³/mol. The molecule has 0 radical (unpaired) electrons. The molecule has 3 rings (SSSR count). The molecular weight excluding hydrogens is 376 g/mol. The zero-order valence-corrected chi connectivity index (χ0v) is 15.1. The van der Waals surface area contributed by atoms with Gasteiger partial charge in [-0.2, -0.15) is 0 Å². The average Bonchev–Trinajstić information content (AvgIpc) is 3.19. The fraction of sp³-hybridized carbons (Fsp3) is 0.0588. The number of nitrogens with one attached hydrogen (secondary N) is 2. The van der Waals surface area contributed by atoms with E-state index in [1.807, 2.05) is 5.38 Å². The smallest absolute Gasteiger partial charge is 0.337 e. The van der Waals surface area contributed by atoms with Gasteiger partial charge in [-0.05, 0) is 41.8 Å². The molecular formula is C17H13ClN4O3S. The van der Waals surface area contributed by atoms with Gasteiger partial charge in [-0.15, -0.1) is 21.5 Å². The fourth-order valence-electron chi connectivity index (χ4n) is 2.06. The van der Waals surface area contributed by atoms with Crippen molar-refractivity contribution in [1.82, 2.24) is 10.2 Å². The number of methoxy groups -OCH3 is 1. The first-order chi connectivity index (χ1) is 12.6. The molecule has 3 aromatic rings. The molecule has 0 aliphatic heterocycles. The maximum absolute atomic E-state index is 12.0. The normalized spacial score (nSPS) is 10.2. The van der Waals surface area contributed by atoms with Crippen LogP contribution in [0.4, 0.5) is 17.3 Å². The van der Waals surface area contributed by atoms with Gasteiger partial charge in [-0.3, -0.25) is 4.79 Å². The summed E-state index contributed by atoms with van der Waals surface area (Å²) in [7, 11) is 1.30. The third-order valence-electron chi connectivity index (χ3n) is 3.30. The van der Waals surface area contributed by atoms with Crippen LogP contribution < -0.4 is 10.6 Å². The molecule has 26 heavy (non-hydrogen) atoms. The van der Waals surface area contributed by atoms with Crippen molar-refractivity contribution in [2.45, 2.75) is 0 Å². The third-order valence-corrected chi connectivity index (χ3v) is 4.50. The molecule has 0 bridgehead atoms. The second-order valence-electron chi connectivity index (χ2n) is 5.05. The van der Waals surface area contributed by atoms with Crippen LogP contribution in [0.2, 0.25) is 5.02 Å². The monoisotopic (exact) mass is 388 g/mol. The number of nitrogens with zero attached hydrogens (tertiary/aromatic N) is 2. The SMILES string of the molecule is COC(=O)c1ccc(Cl)c(Nc2ccc(NC(=O)c3cccs3)nn2)c1. The van der Waals surface area contributed by atoms with Gasteiger partial charge < -0.3 is 15.4 Å². The first-order valence-corrected chi connectivity index (χ1v) is 8.66. The summed E-state index contributed by atoms with van der Waals surface area (Å²) in [5.74, 6) is 0.0117. The second-order valence-corrected chi connectivity index (χ2v) is 6.40. The molecule has 2 aromatic heterocycles. The van der Waals surface area contributed by atoms with E-state index < -0.39 is 5.97 Å². The van der Waals surface area contributed by atoms with Crippen molar-refractivity contribution in [2.75, 3.05) is 17.7 Å². The molecule has 0 unspecified atom stereocenters. The highest BCUT2D eigenvalue weighted by atomic mass is 35.5. The number of amides is 1. The minimum Gasteiger partial charge on any atom is -0.465 e. The first kappa shape index (κ1) is 17.8. The molecule has 0 spiro atoms. The minimum atomic E-state index is -0.470.